The minimum absolute atomic E-state index is 0.0251. The summed E-state index contributed by atoms with van der Waals surface area (Å²) in [7, 11) is 0. The number of hydrogen-bond donors (Lipinski definition) is 3. The Labute approximate surface area is 126 Å². The second-order valence-corrected chi connectivity index (χ2v) is 6.59. The van der Waals surface area contributed by atoms with Crippen molar-refractivity contribution < 1.29 is 14.4 Å². The van der Waals surface area contributed by atoms with E-state index in [0.29, 0.717) is 6.54 Å². The first kappa shape index (κ1) is 14.1. The molecule has 7 heteroatoms. The number of carbonyl (C=O) groups excluding carboxylic acids is 3. The highest BCUT2D eigenvalue weighted by molar-refractivity contribution is 7.12. The van der Waals surface area contributed by atoms with Crippen LogP contribution in [0.15, 0.2) is 6.07 Å². The van der Waals surface area contributed by atoms with Gasteiger partial charge in [-0.1, -0.05) is 0 Å². The van der Waals surface area contributed by atoms with E-state index in [4.69, 9.17) is 0 Å². The van der Waals surface area contributed by atoms with Crippen LogP contribution in [-0.4, -0.2) is 23.9 Å². The molecule has 1 aromatic heterocycles. The highest BCUT2D eigenvalue weighted by atomic mass is 32.1. The molecule has 0 radical (unpaired) electrons. The zero-order valence-corrected chi connectivity index (χ0v) is 12.3. The molecule has 112 valence electrons. The van der Waals surface area contributed by atoms with Gasteiger partial charge in [-0.2, -0.15) is 0 Å². The van der Waals surface area contributed by atoms with Gasteiger partial charge in [-0.25, -0.2) is 4.79 Å². The number of hydrogen-bond acceptors (Lipinski definition) is 4. The molecule has 6 nitrogen and oxygen atoms in total. The van der Waals surface area contributed by atoms with Crippen LogP contribution in [0.5, 0.6) is 0 Å². The molecule has 21 heavy (non-hydrogen) atoms. The van der Waals surface area contributed by atoms with Gasteiger partial charge in [0.25, 0.3) is 5.91 Å². The Balaban J connectivity index is 1.50. The Bertz CT molecular complexity index is 573. The van der Waals surface area contributed by atoms with Crippen LogP contribution in [0.3, 0.4) is 0 Å². The standard InChI is InChI=1S/C14H17N3O3S/c18-12(6-10-13(19)17-14(20)16-10)15-7-9-5-8-3-1-2-4-11(8)21-9/h5,10H,1-4,6-7H2,(H,15,18)(H2,16,17,19,20)/t10-/m0/s1. The highest BCUT2D eigenvalue weighted by Crippen LogP contribution is 2.29. The monoisotopic (exact) mass is 307 g/mol. The van der Waals surface area contributed by atoms with Crippen molar-refractivity contribution in [1.29, 1.82) is 0 Å². The van der Waals surface area contributed by atoms with Crippen LogP contribution >= 0.6 is 11.3 Å². The van der Waals surface area contributed by atoms with Crippen molar-refractivity contribution in [3.8, 4) is 0 Å². The van der Waals surface area contributed by atoms with Crippen LogP contribution in [0.25, 0.3) is 0 Å². The molecule has 0 spiro atoms. The van der Waals surface area contributed by atoms with E-state index in [1.165, 1.54) is 23.3 Å². The lowest BCUT2D eigenvalue weighted by Gasteiger charge is -2.08. The van der Waals surface area contributed by atoms with E-state index in [9.17, 15) is 14.4 Å². The van der Waals surface area contributed by atoms with Crippen molar-refractivity contribution in [2.75, 3.05) is 0 Å². The number of thiophene rings is 1. The van der Waals surface area contributed by atoms with Crippen molar-refractivity contribution in [1.82, 2.24) is 16.0 Å². The normalized spacial score (nSPS) is 20.7. The maximum atomic E-state index is 11.8. The third kappa shape index (κ3) is 3.24. The van der Waals surface area contributed by atoms with Gasteiger partial charge in [0.05, 0.1) is 13.0 Å². The number of nitrogens with one attached hydrogen (secondary N) is 3. The smallest absolute Gasteiger partial charge is 0.322 e. The summed E-state index contributed by atoms with van der Waals surface area (Å²) in [6, 6.07) is 0.876. The third-order valence-corrected chi connectivity index (χ3v) is 4.99. The van der Waals surface area contributed by atoms with Crippen LogP contribution < -0.4 is 16.0 Å². The fourth-order valence-corrected chi connectivity index (χ4v) is 3.89. The van der Waals surface area contributed by atoms with E-state index in [2.05, 4.69) is 22.0 Å². The summed E-state index contributed by atoms with van der Waals surface area (Å²) in [4.78, 5) is 36.7. The number of urea groups is 1. The van der Waals surface area contributed by atoms with Gasteiger partial charge in [0.15, 0.2) is 0 Å². The molecule has 0 unspecified atom stereocenters. The van der Waals surface area contributed by atoms with Gasteiger partial charge in [0.2, 0.25) is 5.91 Å². The summed E-state index contributed by atoms with van der Waals surface area (Å²) in [6.07, 6.45) is 4.74. The molecule has 1 fully saturated rings. The molecule has 0 aromatic carbocycles. The average Bonchev–Trinajstić information content (AvgIpc) is 2.99. The molecule has 2 heterocycles. The Kier molecular flexibility index (Phi) is 3.92. The largest absolute Gasteiger partial charge is 0.351 e. The van der Waals surface area contributed by atoms with Crippen LogP contribution in [0, 0.1) is 0 Å². The second kappa shape index (κ2) is 5.85. The van der Waals surface area contributed by atoms with Gasteiger partial charge in [0.1, 0.15) is 6.04 Å². The maximum absolute atomic E-state index is 11.8. The van der Waals surface area contributed by atoms with E-state index < -0.39 is 18.0 Å². The predicted octanol–water partition coefficient (Wildman–Crippen LogP) is 0.841. The van der Waals surface area contributed by atoms with E-state index in [-0.39, 0.29) is 12.3 Å². The van der Waals surface area contributed by atoms with Gasteiger partial charge in [0, 0.05) is 9.75 Å². The molecule has 2 aliphatic rings. The van der Waals surface area contributed by atoms with Crippen molar-refractivity contribution in [3.63, 3.8) is 0 Å². The molecule has 3 rings (SSSR count). The molecule has 0 saturated carbocycles. The third-order valence-electron chi connectivity index (χ3n) is 3.76. The molecule has 4 amide bonds. The summed E-state index contributed by atoms with van der Waals surface area (Å²) < 4.78 is 0. The number of rotatable bonds is 4. The van der Waals surface area contributed by atoms with Crippen LogP contribution in [-0.2, 0) is 29.0 Å². The minimum Gasteiger partial charge on any atom is -0.351 e. The number of amides is 4. The highest BCUT2D eigenvalue weighted by Gasteiger charge is 2.31. The van der Waals surface area contributed by atoms with Crippen molar-refractivity contribution >= 4 is 29.2 Å². The molecule has 1 aliphatic carbocycles. The lowest BCUT2D eigenvalue weighted by Crippen LogP contribution is -2.35. The Morgan fingerprint density at radius 3 is 2.86 bits per heavy atom. The van der Waals surface area contributed by atoms with Crippen molar-refractivity contribution in [3.05, 3.63) is 21.4 Å². The summed E-state index contributed by atoms with van der Waals surface area (Å²) in [5, 5.41) is 7.34. The lowest BCUT2D eigenvalue weighted by atomic mass is 9.99. The number of aryl methyl sites for hydroxylation is 2. The number of fused-ring (bicyclic) bond motifs is 1. The van der Waals surface area contributed by atoms with E-state index in [1.54, 1.807) is 11.3 Å². The lowest BCUT2D eigenvalue weighted by molar-refractivity contribution is -0.126. The van der Waals surface area contributed by atoms with Gasteiger partial charge in [-0.15, -0.1) is 11.3 Å². The van der Waals surface area contributed by atoms with Crippen molar-refractivity contribution in [2.45, 2.75) is 44.7 Å². The fourth-order valence-electron chi connectivity index (χ4n) is 2.69. The molecule has 0 bridgehead atoms. The Morgan fingerprint density at radius 1 is 1.33 bits per heavy atom. The fraction of sp³-hybridized carbons (Fsp3) is 0.500. The van der Waals surface area contributed by atoms with Crippen LogP contribution in [0.2, 0.25) is 0 Å². The van der Waals surface area contributed by atoms with E-state index >= 15 is 0 Å². The maximum Gasteiger partial charge on any atom is 0.322 e. The first-order valence-electron chi connectivity index (χ1n) is 7.10. The van der Waals surface area contributed by atoms with Gasteiger partial charge in [-0.3, -0.25) is 14.9 Å². The zero-order chi connectivity index (χ0) is 14.8. The molecule has 1 atom stereocenters. The SMILES string of the molecule is O=C(C[C@@H]1NC(=O)NC1=O)NCc1cc2c(s1)CCCC2. The van der Waals surface area contributed by atoms with Gasteiger partial charge >= 0.3 is 6.03 Å². The quantitative estimate of drug-likeness (QED) is 0.720. The first-order valence-corrected chi connectivity index (χ1v) is 7.92. The minimum atomic E-state index is -0.756. The van der Waals surface area contributed by atoms with Gasteiger partial charge in [-0.05, 0) is 37.3 Å². The molecular formula is C14H17N3O3S. The molecule has 1 aliphatic heterocycles. The molecule has 1 saturated heterocycles. The van der Waals surface area contributed by atoms with Crippen LogP contribution in [0.4, 0.5) is 4.79 Å². The van der Waals surface area contributed by atoms with E-state index in [0.717, 1.165) is 17.7 Å². The Hall–Kier alpha value is -1.89. The number of imide groups is 1. The van der Waals surface area contributed by atoms with Crippen molar-refractivity contribution in [2.24, 2.45) is 0 Å². The van der Waals surface area contributed by atoms with Gasteiger partial charge < -0.3 is 10.6 Å². The topological polar surface area (TPSA) is 87.3 Å². The zero-order valence-electron chi connectivity index (χ0n) is 11.5. The molecule has 1 aromatic rings. The van der Waals surface area contributed by atoms with Crippen LogP contribution in [0.1, 0.15) is 34.6 Å². The predicted molar refractivity (Wildman–Crippen MR) is 77.9 cm³/mol. The summed E-state index contributed by atoms with van der Waals surface area (Å²) in [5.41, 5.74) is 1.41. The molecule has 3 N–H and O–H groups in total. The summed E-state index contributed by atoms with van der Waals surface area (Å²) in [5.74, 6) is -0.676. The van der Waals surface area contributed by atoms with E-state index in [1.807, 2.05) is 0 Å². The average molecular weight is 307 g/mol. The summed E-state index contributed by atoms with van der Waals surface area (Å²) >= 11 is 1.76. The second-order valence-electron chi connectivity index (χ2n) is 5.36. The summed E-state index contributed by atoms with van der Waals surface area (Å²) in [6.45, 7) is 0.485. The number of carbonyl (C=O) groups is 3. The first-order chi connectivity index (χ1) is 10.1. The molecular weight excluding hydrogens is 290 g/mol. The Morgan fingerprint density at radius 2 is 2.14 bits per heavy atom.